The van der Waals surface area contributed by atoms with Crippen LogP contribution in [0.5, 0.6) is 5.75 Å². The highest BCUT2D eigenvalue weighted by Gasteiger charge is 2.30. The highest BCUT2D eigenvalue weighted by Crippen LogP contribution is 2.29. The summed E-state index contributed by atoms with van der Waals surface area (Å²) in [6, 6.07) is 14.3. The Kier molecular flexibility index (Phi) is 5.72. The second kappa shape index (κ2) is 7.97. The molecular weight excluding hydrogens is 329 g/mol. The topological polar surface area (TPSA) is 32.7 Å². The van der Waals surface area contributed by atoms with Crippen LogP contribution < -0.4 is 4.74 Å². The summed E-state index contributed by atoms with van der Waals surface area (Å²) < 4.78 is 18.9. The van der Waals surface area contributed by atoms with Crippen molar-refractivity contribution in [2.45, 2.75) is 31.5 Å². The monoisotopic (exact) mass is 349 g/mol. The Morgan fingerprint density at radius 1 is 1.21 bits per heavy atom. The summed E-state index contributed by atoms with van der Waals surface area (Å²) in [5.74, 6) is 0.340. The van der Waals surface area contributed by atoms with Gasteiger partial charge in [0.2, 0.25) is 0 Å². The minimum absolute atomic E-state index is 0.177. The van der Waals surface area contributed by atoms with Crippen LogP contribution in [0, 0.1) is 5.82 Å². The number of halogens is 2. The average molecular weight is 350 g/mol. The molecule has 5 heteroatoms. The zero-order valence-electron chi connectivity index (χ0n) is 13.4. The Morgan fingerprint density at radius 3 is 2.71 bits per heavy atom. The molecule has 24 heavy (non-hydrogen) atoms. The number of benzene rings is 2. The van der Waals surface area contributed by atoms with Crippen LogP contribution in [0.15, 0.2) is 48.5 Å². The normalized spacial score (nSPS) is 15.5. The maximum atomic E-state index is 13.3. The van der Waals surface area contributed by atoms with Gasteiger partial charge in [0.15, 0.2) is 0 Å². The summed E-state index contributed by atoms with van der Waals surface area (Å²) in [6.45, 7) is 1.30. The first kappa shape index (κ1) is 17.2. The van der Waals surface area contributed by atoms with Gasteiger partial charge in [-0.3, -0.25) is 4.90 Å². The number of hydrogen-bond donors (Lipinski definition) is 1. The predicted molar refractivity (Wildman–Crippen MR) is 92.8 cm³/mol. The van der Waals surface area contributed by atoms with Crippen molar-refractivity contribution in [3.63, 3.8) is 0 Å². The maximum absolute atomic E-state index is 13.3. The molecule has 0 bridgehead atoms. The molecule has 0 aromatic heterocycles. The minimum atomic E-state index is -0.629. The van der Waals surface area contributed by atoms with Crippen LogP contribution in [0.2, 0.25) is 5.02 Å². The van der Waals surface area contributed by atoms with E-state index in [9.17, 15) is 9.50 Å². The highest BCUT2D eigenvalue weighted by atomic mass is 35.5. The van der Waals surface area contributed by atoms with Gasteiger partial charge in [0.25, 0.3) is 0 Å². The highest BCUT2D eigenvalue weighted by molar-refractivity contribution is 6.32. The lowest BCUT2D eigenvalue weighted by Crippen LogP contribution is -2.36. The molecule has 0 aliphatic heterocycles. The molecule has 1 fully saturated rings. The van der Waals surface area contributed by atoms with Crippen LogP contribution in [0.4, 0.5) is 4.39 Å². The molecule has 3 rings (SSSR count). The first-order valence-corrected chi connectivity index (χ1v) is 8.53. The quantitative estimate of drug-likeness (QED) is 0.785. The number of rotatable bonds is 8. The molecule has 0 spiro atoms. The first-order chi connectivity index (χ1) is 11.6. The average Bonchev–Trinajstić information content (AvgIpc) is 3.38. The lowest BCUT2D eigenvalue weighted by Gasteiger charge is -2.25. The van der Waals surface area contributed by atoms with Gasteiger partial charge >= 0.3 is 0 Å². The molecular formula is C19H21ClFNO2. The van der Waals surface area contributed by atoms with Crippen molar-refractivity contribution in [1.29, 1.82) is 0 Å². The Hall–Kier alpha value is -1.62. The van der Waals surface area contributed by atoms with Gasteiger partial charge in [-0.15, -0.1) is 0 Å². The molecule has 0 saturated heterocycles. The van der Waals surface area contributed by atoms with Crippen LogP contribution in [-0.2, 0) is 6.54 Å². The lowest BCUT2D eigenvalue weighted by molar-refractivity contribution is 0.0626. The van der Waals surface area contributed by atoms with Crippen molar-refractivity contribution >= 4 is 11.6 Å². The van der Waals surface area contributed by atoms with Crippen LogP contribution in [0.1, 0.15) is 18.4 Å². The van der Waals surface area contributed by atoms with E-state index >= 15 is 0 Å². The number of ether oxygens (including phenoxy) is 1. The van der Waals surface area contributed by atoms with Crippen molar-refractivity contribution in [2.24, 2.45) is 0 Å². The van der Waals surface area contributed by atoms with E-state index in [4.69, 9.17) is 16.3 Å². The number of aliphatic hydroxyl groups is 1. The fraction of sp³-hybridized carbons (Fsp3) is 0.368. The molecule has 1 saturated carbocycles. The van der Waals surface area contributed by atoms with Gasteiger partial charge in [0.05, 0.1) is 5.02 Å². The smallest absolute Gasteiger partial charge is 0.138 e. The van der Waals surface area contributed by atoms with E-state index in [1.807, 2.05) is 18.2 Å². The van der Waals surface area contributed by atoms with Crippen LogP contribution in [0.3, 0.4) is 0 Å². The van der Waals surface area contributed by atoms with E-state index < -0.39 is 6.10 Å². The van der Waals surface area contributed by atoms with Crippen molar-refractivity contribution in [2.75, 3.05) is 13.2 Å². The van der Waals surface area contributed by atoms with Gasteiger partial charge in [-0.1, -0.05) is 35.9 Å². The standard InChI is InChI=1S/C19H21ClFNO2/c20-18-6-1-2-7-19(18)24-13-17(23)12-22(16-8-9-16)11-14-4-3-5-15(21)10-14/h1-7,10,16-17,23H,8-9,11-13H2. The molecule has 128 valence electrons. The van der Waals surface area contributed by atoms with E-state index in [0.29, 0.717) is 29.9 Å². The lowest BCUT2D eigenvalue weighted by atomic mass is 10.2. The van der Waals surface area contributed by atoms with Gasteiger partial charge in [-0.25, -0.2) is 4.39 Å². The van der Waals surface area contributed by atoms with Gasteiger partial charge in [-0.2, -0.15) is 0 Å². The van der Waals surface area contributed by atoms with Crippen LogP contribution in [-0.4, -0.2) is 35.3 Å². The first-order valence-electron chi connectivity index (χ1n) is 8.15. The fourth-order valence-corrected chi connectivity index (χ4v) is 2.91. The maximum Gasteiger partial charge on any atom is 0.138 e. The SMILES string of the molecule is OC(COc1ccccc1Cl)CN(Cc1cccc(F)c1)C1CC1. The number of para-hydroxylation sites is 1. The Labute approximate surface area is 146 Å². The molecule has 0 amide bonds. The van der Waals surface area contributed by atoms with E-state index in [-0.39, 0.29) is 12.4 Å². The number of nitrogens with zero attached hydrogens (tertiary/aromatic N) is 1. The molecule has 1 N–H and O–H groups in total. The van der Waals surface area contributed by atoms with Gasteiger partial charge < -0.3 is 9.84 Å². The second-order valence-electron chi connectivity index (χ2n) is 6.19. The Balaban J connectivity index is 1.54. The van der Waals surface area contributed by atoms with Crippen LogP contribution in [0.25, 0.3) is 0 Å². The van der Waals surface area contributed by atoms with E-state index in [1.165, 1.54) is 6.07 Å². The van der Waals surface area contributed by atoms with Crippen molar-refractivity contribution in [1.82, 2.24) is 4.90 Å². The van der Waals surface area contributed by atoms with Gasteiger partial charge in [0.1, 0.15) is 24.3 Å². The van der Waals surface area contributed by atoms with Gasteiger partial charge in [0, 0.05) is 19.1 Å². The summed E-state index contributed by atoms with van der Waals surface area (Å²) in [7, 11) is 0. The summed E-state index contributed by atoms with van der Waals surface area (Å²) >= 11 is 6.04. The molecule has 2 aromatic rings. The molecule has 2 aromatic carbocycles. The van der Waals surface area contributed by atoms with Crippen molar-refractivity contribution < 1.29 is 14.2 Å². The van der Waals surface area contributed by atoms with Crippen molar-refractivity contribution in [3.05, 3.63) is 64.9 Å². The number of aliphatic hydroxyl groups excluding tert-OH is 1. The predicted octanol–water partition coefficient (Wildman–Crippen LogP) is 3.88. The Bertz CT molecular complexity index is 678. The Morgan fingerprint density at radius 2 is 2.00 bits per heavy atom. The third-order valence-corrected chi connectivity index (χ3v) is 4.36. The van der Waals surface area contributed by atoms with Crippen LogP contribution >= 0.6 is 11.6 Å². The summed E-state index contributed by atoms with van der Waals surface area (Å²) in [6.07, 6.45) is 1.61. The second-order valence-corrected chi connectivity index (χ2v) is 6.59. The molecule has 3 nitrogen and oxygen atoms in total. The molecule has 1 aliphatic carbocycles. The molecule has 1 aliphatic rings. The summed E-state index contributed by atoms with van der Waals surface area (Å²) in [5, 5.41) is 10.8. The van der Waals surface area contributed by atoms with Gasteiger partial charge in [-0.05, 0) is 42.7 Å². The summed E-state index contributed by atoms with van der Waals surface area (Å²) in [5.41, 5.74) is 0.918. The third kappa shape index (κ3) is 4.94. The number of hydrogen-bond acceptors (Lipinski definition) is 3. The van der Waals surface area contributed by atoms with Crippen molar-refractivity contribution in [3.8, 4) is 5.75 Å². The molecule has 0 radical (unpaired) electrons. The third-order valence-electron chi connectivity index (χ3n) is 4.05. The summed E-state index contributed by atoms with van der Waals surface area (Å²) in [4.78, 5) is 2.19. The largest absolute Gasteiger partial charge is 0.489 e. The molecule has 0 heterocycles. The fourth-order valence-electron chi connectivity index (χ4n) is 2.72. The zero-order chi connectivity index (χ0) is 16.9. The van der Waals surface area contributed by atoms with E-state index in [1.54, 1.807) is 24.3 Å². The minimum Gasteiger partial charge on any atom is -0.489 e. The zero-order valence-corrected chi connectivity index (χ0v) is 14.1. The van der Waals surface area contributed by atoms with E-state index in [2.05, 4.69) is 4.90 Å². The van der Waals surface area contributed by atoms with E-state index in [0.717, 1.165) is 18.4 Å². The molecule has 1 unspecified atom stereocenters. The molecule has 1 atom stereocenters.